The summed E-state index contributed by atoms with van der Waals surface area (Å²) in [5, 5.41) is 0. The molecule has 7 heteroatoms. The van der Waals surface area contributed by atoms with Crippen molar-refractivity contribution >= 4 is 28.6 Å². The summed E-state index contributed by atoms with van der Waals surface area (Å²) < 4.78 is 24.0. The maximum atomic E-state index is 12.5. The summed E-state index contributed by atoms with van der Waals surface area (Å²) in [5.74, 6) is 0.0866. The molecule has 0 amide bonds. The van der Waals surface area contributed by atoms with Gasteiger partial charge in [-0.05, 0) is 25.7 Å². The van der Waals surface area contributed by atoms with Crippen LogP contribution in [-0.2, 0) is 9.53 Å². The van der Waals surface area contributed by atoms with Gasteiger partial charge in [0, 0.05) is 41.2 Å². The molecule has 1 aromatic heterocycles. The van der Waals surface area contributed by atoms with E-state index in [-0.39, 0.29) is 30.5 Å². The Balaban J connectivity index is 1.87. The summed E-state index contributed by atoms with van der Waals surface area (Å²) in [6, 6.07) is 0.485. The molecule has 3 heterocycles. The average molecular weight is 422 g/mol. The maximum Gasteiger partial charge on any atom is 0.311 e. The van der Waals surface area contributed by atoms with Gasteiger partial charge >= 0.3 is 5.97 Å². The number of esters is 1. The topological polar surface area (TPSA) is 55.6 Å². The van der Waals surface area contributed by atoms with Crippen LogP contribution in [0.2, 0.25) is 0 Å². The number of halogens is 2. The first kappa shape index (κ1) is 16.2. The van der Waals surface area contributed by atoms with E-state index in [1.54, 1.807) is 6.20 Å². The Morgan fingerprint density at radius 1 is 1.59 bits per heavy atom. The van der Waals surface area contributed by atoms with Gasteiger partial charge in [0.2, 0.25) is 0 Å². The fraction of sp³-hybridized carbons (Fsp3) is 0.733. The van der Waals surface area contributed by atoms with Crippen molar-refractivity contribution in [1.82, 2.24) is 9.88 Å². The molecule has 4 unspecified atom stereocenters. The van der Waals surface area contributed by atoms with Gasteiger partial charge in [-0.15, -0.1) is 0 Å². The van der Waals surface area contributed by atoms with E-state index in [9.17, 15) is 9.18 Å². The zero-order valence-electron chi connectivity index (χ0n) is 12.5. The Kier molecular flexibility index (Phi) is 5.01. The number of carbonyl (C=O) groups is 1. The third-order valence-electron chi connectivity index (χ3n) is 4.90. The molecule has 0 radical (unpaired) electrons. The van der Waals surface area contributed by atoms with Gasteiger partial charge in [0.05, 0.1) is 31.8 Å². The molecule has 3 rings (SSSR count). The van der Waals surface area contributed by atoms with Crippen molar-refractivity contribution in [3.8, 4) is 0 Å². The molecule has 2 aliphatic rings. The number of carbonyl (C=O) groups excluding carboxylic acids is 1. The van der Waals surface area contributed by atoms with Crippen LogP contribution in [0.1, 0.15) is 37.5 Å². The largest absolute Gasteiger partial charge is 0.469 e. The van der Waals surface area contributed by atoms with Crippen LogP contribution in [0.3, 0.4) is 0 Å². The summed E-state index contributed by atoms with van der Waals surface area (Å²) >= 11 is 2.08. The normalized spacial score (nSPS) is 31.4. The Bertz CT molecular complexity index is 539. The molecule has 0 aromatic carbocycles. The van der Waals surface area contributed by atoms with Crippen molar-refractivity contribution in [2.24, 2.45) is 5.92 Å². The molecule has 0 aliphatic carbocycles. The molecular weight excluding hydrogens is 402 g/mol. The van der Waals surface area contributed by atoms with Crippen LogP contribution in [-0.4, -0.2) is 48.3 Å². The lowest BCUT2D eigenvalue weighted by atomic mass is 9.79. The van der Waals surface area contributed by atoms with Gasteiger partial charge < -0.3 is 9.15 Å². The molecule has 0 saturated carbocycles. The summed E-state index contributed by atoms with van der Waals surface area (Å²) in [6.07, 6.45) is 5.01. The van der Waals surface area contributed by atoms with Crippen LogP contribution >= 0.6 is 22.6 Å². The fourth-order valence-corrected chi connectivity index (χ4v) is 4.42. The van der Waals surface area contributed by atoms with Crippen LogP contribution in [0.25, 0.3) is 0 Å². The third-order valence-corrected chi connectivity index (χ3v) is 5.40. The van der Waals surface area contributed by atoms with E-state index in [0.29, 0.717) is 24.9 Å². The maximum absolute atomic E-state index is 12.5. The summed E-state index contributed by atoms with van der Waals surface area (Å²) in [7, 11) is 1.42. The van der Waals surface area contributed by atoms with Gasteiger partial charge in [-0.1, -0.05) is 0 Å². The van der Waals surface area contributed by atoms with Gasteiger partial charge in [-0.25, -0.2) is 4.98 Å². The number of hydrogen-bond acceptors (Lipinski definition) is 5. The molecule has 2 saturated heterocycles. The van der Waals surface area contributed by atoms with E-state index in [0.717, 1.165) is 23.0 Å². The van der Waals surface area contributed by atoms with Crippen molar-refractivity contribution in [3.05, 3.63) is 15.9 Å². The van der Waals surface area contributed by atoms with Crippen molar-refractivity contribution in [2.75, 3.05) is 20.3 Å². The van der Waals surface area contributed by atoms with Crippen LogP contribution < -0.4 is 0 Å². The van der Waals surface area contributed by atoms with Crippen molar-refractivity contribution < 1.29 is 18.3 Å². The van der Waals surface area contributed by atoms with Crippen molar-refractivity contribution in [1.29, 1.82) is 0 Å². The molecule has 2 aliphatic heterocycles. The van der Waals surface area contributed by atoms with Crippen molar-refractivity contribution in [2.45, 2.75) is 43.7 Å². The standard InChI is InChI=1S/C15H20FIN2O3/c1-21-15(20)13-10(14-18-8-12(17)22-14)7-9-3-4-11(13)19(9)6-2-5-16/h8-11,13H,2-7H2,1H3. The minimum absolute atomic E-state index is 0.0462. The van der Waals surface area contributed by atoms with E-state index in [2.05, 4.69) is 32.5 Å². The molecule has 0 spiro atoms. The second kappa shape index (κ2) is 6.82. The van der Waals surface area contributed by atoms with E-state index in [4.69, 9.17) is 9.15 Å². The van der Waals surface area contributed by atoms with E-state index in [1.165, 1.54) is 7.11 Å². The monoisotopic (exact) mass is 422 g/mol. The van der Waals surface area contributed by atoms with Gasteiger partial charge in [0.1, 0.15) is 0 Å². The minimum Gasteiger partial charge on any atom is -0.469 e. The molecule has 2 bridgehead atoms. The van der Waals surface area contributed by atoms with Crippen LogP contribution in [0.5, 0.6) is 0 Å². The summed E-state index contributed by atoms with van der Waals surface area (Å²) in [5.41, 5.74) is 0. The number of alkyl halides is 1. The molecule has 1 aromatic rings. The molecule has 5 nitrogen and oxygen atoms in total. The molecule has 22 heavy (non-hydrogen) atoms. The fourth-order valence-electron chi connectivity index (χ4n) is 4.05. The van der Waals surface area contributed by atoms with Crippen LogP contribution in [0.15, 0.2) is 10.6 Å². The molecule has 4 atom stereocenters. The zero-order chi connectivity index (χ0) is 15.7. The zero-order valence-corrected chi connectivity index (χ0v) is 14.7. The lowest BCUT2D eigenvalue weighted by Crippen LogP contribution is -2.51. The number of fused-ring (bicyclic) bond motifs is 2. The highest BCUT2D eigenvalue weighted by molar-refractivity contribution is 14.1. The van der Waals surface area contributed by atoms with E-state index >= 15 is 0 Å². The molecule has 122 valence electrons. The highest BCUT2D eigenvalue weighted by Gasteiger charge is 2.52. The predicted octanol–water partition coefficient (Wildman–Crippen LogP) is 2.75. The van der Waals surface area contributed by atoms with Gasteiger partial charge in [0.15, 0.2) is 9.66 Å². The summed E-state index contributed by atoms with van der Waals surface area (Å²) in [6.45, 7) is 0.384. The van der Waals surface area contributed by atoms with Gasteiger partial charge in [0.25, 0.3) is 0 Å². The van der Waals surface area contributed by atoms with Crippen LogP contribution in [0, 0.1) is 9.68 Å². The van der Waals surface area contributed by atoms with E-state index < -0.39 is 0 Å². The first-order valence-electron chi connectivity index (χ1n) is 7.66. The third kappa shape index (κ3) is 2.89. The highest BCUT2D eigenvalue weighted by atomic mass is 127. The smallest absolute Gasteiger partial charge is 0.311 e. The number of methoxy groups -OCH3 is 1. The Hall–Kier alpha value is -0.700. The Morgan fingerprint density at radius 2 is 2.41 bits per heavy atom. The number of rotatable bonds is 5. The second-order valence-corrected chi connectivity index (χ2v) is 7.04. The Labute approximate surface area is 142 Å². The number of nitrogens with zero attached hydrogens (tertiary/aromatic N) is 2. The summed E-state index contributed by atoms with van der Waals surface area (Å²) in [4.78, 5) is 19.0. The number of oxazole rings is 1. The second-order valence-electron chi connectivity index (χ2n) is 5.97. The molecular formula is C15H20FIN2O3. The molecule has 0 N–H and O–H groups in total. The van der Waals surface area contributed by atoms with Gasteiger partial charge in [-0.3, -0.25) is 14.1 Å². The highest BCUT2D eigenvalue weighted by Crippen LogP contribution is 2.47. The first-order chi connectivity index (χ1) is 10.7. The van der Waals surface area contributed by atoms with Crippen molar-refractivity contribution in [3.63, 3.8) is 0 Å². The number of piperidine rings is 1. The predicted molar refractivity (Wildman–Crippen MR) is 86.2 cm³/mol. The minimum atomic E-state index is -0.319. The van der Waals surface area contributed by atoms with E-state index in [1.807, 2.05) is 0 Å². The average Bonchev–Trinajstić information content (AvgIpc) is 3.06. The number of ether oxygens (including phenoxy) is 1. The Morgan fingerprint density at radius 3 is 3.05 bits per heavy atom. The lowest BCUT2D eigenvalue weighted by molar-refractivity contribution is -0.151. The van der Waals surface area contributed by atoms with Crippen LogP contribution in [0.4, 0.5) is 4.39 Å². The molecule has 2 fully saturated rings. The number of aromatic nitrogens is 1. The van der Waals surface area contributed by atoms with Gasteiger partial charge in [-0.2, -0.15) is 0 Å². The SMILES string of the molecule is COC(=O)C1C(c2ncc(I)o2)CC2CCC1N2CCCF. The first-order valence-corrected chi connectivity index (χ1v) is 8.74. The number of hydrogen-bond donors (Lipinski definition) is 0. The lowest BCUT2D eigenvalue weighted by Gasteiger charge is -2.42. The quantitative estimate of drug-likeness (QED) is 0.540.